The molecule has 1 amide bonds. The average Bonchev–Trinajstić information content (AvgIpc) is 2.90. The van der Waals surface area contributed by atoms with Gasteiger partial charge in [0.05, 0.1) is 18.2 Å². The van der Waals surface area contributed by atoms with Crippen LogP contribution < -0.4 is 4.90 Å². The third kappa shape index (κ3) is 0.961. The van der Waals surface area contributed by atoms with Crippen LogP contribution in [0.3, 0.4) is 0 Å². The Labute approximate surface area is 129 Å². The van der Waals surface area contributed by atoms with Crippen molar-refractivity contribution < 1.29 is 9.90 Å². The molecule has 1 aliphatic carbocycles. The van der Waals surface area contributed by atoms with Gasteiger partial charge in [-0.2, -0.15) is 0 Å². The molecule has 6 aliphatic rings. The van der Waals surface area contributed by atoms with E-state index in [0.29, 0.717) is 24.2 Å². The van der Waals surface area contributed by atoms with Crippen LogP contribution in [0.2, 0.25) is 0 Å². The van der Waals surface area contributed by atoms with E-state index in [1.54, 1.807) is 0 Å². The van der Waals surface area contributed by atoms with E-state index in [2.05, 4.69) is 41.1 Å². The van der Waals surface area contributed by atoms with E-state index >= 15 is 0 Å². The van der Waals surface area contributed by atoms with Crippen LogP contribution in [0.5, 0.6) is 0 Å². The highest BCUT2D eigenvalue weighted by atomic mass is 16.3. The molecular formula is C18H20N2O2. The number of para-hydroxylation sites is 1. The largest absolute Gasteiger partial charge is 0.392 e. The fraction of sp³-hybridized carbons (Fsp3) is 0.611. The standard InChI is InChI=1S/C18H20N2O2/c1-19-11-5-3-2-4-10(11)18-8-13-15(17(18)22)9-6-12(16(18)19)20(13)14(21)7-9/h2-5,9,12-13,15-17,22H,6-8H2,1H3/t9-,12-,13-,15+,16-,17+,18+/m0/s1. The van der Waals surface area contributed by atoms with Gasteiger partial charge in [0.1, 0.15) is 0 Å². The van der Waals surface area contributed by atoms with Gasteiger partial charge in [0.15, 0.2) is 0 Å². The van der Waals surface area contributed by atoms with Crippen molar-refractivity contribution in [1.82, 2.24) is 4.90 Å². The Balaban J connectivity index is 1.66. The Morgan fingerprint density at radius 3 is 2.95 bits per heavy atom. The second-order valence-corrected chi connectivity index (χ2v) is 7.98. The number of rotatable bonds is 0. The molecule has 1 saturated carbocycles. The van der Waals surface area contributed by atoms with Gasteiger partial charge in [0.2, 0.25) is 5.91 Å². The molecule has 0 radical (unpaired) electrons. The second-order valence-electron chi connectivity index (χ2n) is 7.98. The number of aliphatic hydroxyl groups is 1. The fourth-order valence-electron chi connectivity index (χ4n) is 7.04. The number of carbonyl (C=O) groups excluding carboxylic acids is 1. The molecule has 114 valence electrons. The molecule has 4 nitrogen and oxygen atoms in total. The lowest BCUT2D eigenvalue weighted by Gasteiger charge is -2.57. The van der Waals surface area contributed by atoms with Crippen LogP contribution in [0.4, 0.5) is 5.69 Å². The zero-order chi connectivity index (χ0) is 14.8. The summed E-state index contributed by atoms with van der Waals surface area (Å²) in [6.45, 7) is 0. The molecule has 0 unspecified atom stereocenters. The predicted octanol–water partition coefficient (Wildman–Crippen LogP) is 1.13. The highest BCUT2D eigenvalue weighted by molar-refractivity contribution is 5.81. The van der Waals surface area contributed by atoms with E-state index in [4.69, 9.17) is 0 Å². The smallest absolute Gasteiger partial charge is 0.223 e. The first-order valence-electron chi connectivity index (χ1n) is 8.46. The monoisotopic (exact) mass is 296 g/mol. The molecule has 1 aromatic rings. The predicted molar refractivity (Wildman–Crippen MR) is 81.6 cm³/mol. The molecule has 7 atom stereocenters. The summed E-state index contributed by atoms with van der Waals surface area (Å²) in [7, 11) is 2.15. The number of aliphatic hydroxyl groups excluding tert-OH is 1. The molecule has 1 spiro atoms. The van der Waals surface area contributed by atoms with E-state index in [9.17, 15) is 9.90 Å². The summed E-state index contributed by atoms with van der Waals surface area (Å²) >= 11 is 0. The first-order valence-corrected chi connectivity index (χ1v) is 8.46. The van der Waals surface area contributed by atoms with Crippen molar-refractivity contribution in [2.24, 2.45) is 11.8 Å². The van der Waals surface area contributed by atoms with Crippen LogP contribution in [-0.4, -0.2) is 47.2 Å². The normalized spacial score (nSPS) is 49.8. The number of likely N-dealkylation sites (N-methyl/N-ethyl adjacent to an activating group) is 1. The first-order chi connectivity index (χ1) is 10.6. The van der Waals surface area contributed by atoms with Gasteiger partial charge in [-0.25, -0.2) is 0 Å². The van der Waals surface area contributed by atoms with Crippen molar-refractivity contribution in [1.29, 1.82) is 0 Å². The van der Waals surface area contributed by atoms with Gasteiger partial charge in [-0.05, 0) is 30.4 Å². The molecule has 0 aromatic heterocycles. The van der Waals surface area contributed by atoms with Crippen LogP contribution in [0.15, 0.2) is 24.3 Å². The molecule has 1 N–H and O–H groups in total. The summed E-state index contributed by atoms with van der Waals surface area (Å²) in [6, 6.07) is 9.37. The van der Waals surface area contributed by atoms with Crippen molar-refractivity contribution in [2.45, 2.75) is 48.9 Å². The van der Waals surface area contributed by atoms with Crippen molar-refractivity contribution in [3.63, 3.8) is 0 Å². The van der Waals surface area contributed by atoms with Crippen molar-refractivity contribution >= 4 is 11.6 Å². The highest BCUT2D eigenvalue weighted by Crippen LogP contribution is 2.67. The number of carbonyl (C=O) groups is 1. The number of fused-ring (bicyclic) bond motifs is 2. The molecule has 4 heteroatoms. The van der Waals surface area contributed by atoms with Crippen LogP contribution in [-0.2, 0) is 10.2 Å². The van der Waals surface area contributed by atoms with Crippen molar-refractivity contribution in [2.75, 3.05) is 11.9 Å². The van der Waals surface area contributed by atoms with Crippen LogP contribution >= 0.6 is 0 Å². The Hall–Kier alpha value is -1.55. The maximum Gasteiger partial charge on any atom is 0.223 e. The number of anilines is 1. The highest BCUT2D eigenvalue weighted by Gasteiger charge is 2.75. The van der Waals surface area contributed by atoms with Crippen LogP contribution in [0, 0.1) is 11.8 Å². The molecule has 7 rings (SSSR count). The van der Waals surface area contributed by atoms with Crippen molar-refractivity contribution in [3.05, 3.63) is 29.8 Å². The summed E-state index contributed by atoms with van der Waals surface area (Å²) in [5.74, 6) is 1.01. The van der Waals surface area contributed by atoms with Crippen LogP contribution in [0.1, 0.15) is 24.8 Å². The van der Waals surface area contributed by atoms with Gasteiger partial charge in [-0.1, -0.05) is 18.2 Å². The van der Waals surface area contributed by atoms with Crippen molar-refractivity contribution in [3.8, 4) is 0 Å². The van der Waals surface area contributed by atoms with Gasteiger partial charge in [0.25, 0.3) is 0 Å². The molecule has 5 fully saturated rings. The maximum absolute atomic E-state index is 12.5. The molecule has 4 saturated heterocycles. The number of amides is 1. The van der Waals surface area contributed by atoms with E-state index in [-0.39, 0.29) is 29.6 Å². The van der Waals surface area contributed by atoms with E-state index in [0.717, 1.165) is 12.8 Å². The minimum Gasteiger partial charge on any atom is -0.392 e. The molecule has 22 heavy (non-hydrogen) atoms. The Morgan fingerprint density at radius 2 is 2.09 bits per heavy atom. The summed E-state index contributed by atoms with van der Waals surface area (Å²) in [5.41, 5.74) is 2.42. The lowest BCUT2D eigenvalue weighted by Crippen LogP contribution is -2.69. The third-order valence-electron chi connectivity index (χ3n) is 7.51. The minimum atomic E-state index is -0.304. The van der Waals surface area contributed by atoms with Gasteiger partial charge >= 0.3 is 0 Å². The second kappa shape index (κ2) is 3.35. The van der Waals surface area contributed by atoms with Gasteiger partial charge in [-0.3, -0.25) is 4.79 Å². The van der Waals surface area contributed by atoms with E-state index in [1.807, 2.05) is 0 Å². The fourth-order valence-corrected chi connectivity index (χ4v) is 7.04. The number of hydrogen-bond donors (Lipinski definition) is 1. The third-order valence-corrected chi connectivity index (χ3v) is 7.51. The SMILES string of the molecule is CN1c2ccccc2[C@]23C[C@H]4[C@@H]([C@@H]5CC(=O)N4[C@@H](C5)[C@H]12)[C@H]3O. The lowest BCUT2D eigenvalue weighted by atomic mass is 9.66. The Kier molecular flexibility index (Phi) is 1.82. The minimum absolute atomic E-state index is 0.152. The molecule has 5 heterocycles. The molecular weight excluding hydrogens is 276 g/mol. The maximum atomic E-state index is 12.5. The molecule has 5 bridgehead atoms. The zero-order valence-corrected chi connectivity index (χ0v) is 12.6. The van der Waals surface area contributed by atoms with E-state index in [1.165, 1.54) is 11.3 Å². The summed E-state index contributed by atoms with van der Waals surface area (Å²) < 4.78 is 0. The first kappa shape index (κ1) is 11.9. The van der Waals surface area contributed by atoms with Gasteiger partial charge in [0, 0.05) is 36.5 Å². The number of hydrogen-bond acceptors (Lipinski definition) is 3. The Bertz CT molecular complexity index is 719. The number of piperidine rings is 4. The number of nitrogens with zero attached hydrogens (tertiary/aromatic N) is 2. The van der Waals surface area contributed by atoms with Crippen LogP contribution in [0.25, 0.3) is 0 Å². The number of benzene rings is 1. The lowest BCUT2D eigenvalue weighted by molar-refractivity contribution is -0.157. The Morgan fingerprint density at radius 1 is 1.27 bits per heavy atom. The summed E-state index contributed by atoms with van der Waals surface area (Å²) in [4.78, 5) is 17.1. The summed E-state index contributed by atoms with van der Waals surface area (Å²) in [6.07, 6.45) is 2.38. The zero-order valence-electron chi connectivity index (χ0n) is 12.6. The average molecular weight is 296 g/mol. The molecule has 5 aliphatic heterocycles. The van der Waals surface area contributed by atoms with Gasteiger partial charge in [-0.15, -0.1) is 0 Å². The van der Waals surface area contributed by atoms with Gasteiger partial charge < -0.3 is 14.9 Å². The quantitative estimate of drug-likeness (QED) is 0.780. The topological polar surface area (TPSA) is 43.8 Å². The molecule has 1 aromatic carbocycles. The summed E-state index contributed by atoms with van der Waals surface area (Å²) in [5, 5.41) is 11.4. The van der Waals surface area contributed by atoms with E-state index < -0.39 is 0 Å².